The summed E-state index contributed by atoms with van der Waals surface area (Å²) in [4.78, 5) is 56.7. The highest BCUT2D eigenvalue weighted by Crippen LogP contribution is 2.32. The number of hydrogen-bond acceptors (Lipinski definition) is 7. The monoisotopic (exact) mass is 558 g/mol. The number of urea groups is 1. The highest BCUT2D eigenvalue weighted by atomic mass is 19.1. The number of carbonyl (C=O) groups excluding carboxylic acids is 4. The van der Waals surface area contributed by atoms with E-state index in [9.17, 15) is 28.0 Å². The van der Waals surface area contributed by atoms with Crippen LogP contribution >= 0.6 is 0 Å². The molecule has 1 unspecified atom stereocenters. The van der Waals surface area contributed by atoms with Crippen LogP contribution in [-0.2, 0) is 14.3 Å². The number of likely N-dealkylation sites (N-methyl/N-ethyl adjacent to an activating group) is 1. The molecule has 2 saturated heterocycles. The topological polar surface area (TPSA) is 124 Å². The zero-order chi connectivity index (χ0) is 29.0. The van der Waals surface area contributed by atoms with Gasteiger partial charge in [-0.1, -0.05) is 0 Å². The molecule has 2 aliphatic heterocycles. The number of carbonyl (C=O) groups is 4. The number of ether oxygens (including phenoxy) is 1. The van der Waals surface area contributed by atoms with Crippen molar-refractivity contribution in [2.45, 2.75) is 37.8 Å². The molecular weight excluding hydrogens is 526 g/mol. The summed E-state index contributed by atoms with van der Waals surface area (Å²) in [6.45, 7) is 3.00. The van der Waals surface area contributed by atoms with Gasteiger partial charge >= 0.3 is 12.1 Å². The van der Waals surface area contributed by atoms with E-state index in [1.165, 1.54) is 11.9 Å². The first-order valence-corrected chi connectivity index (χ1v) is 12.9. The van der Waals surface area contributed by atoms with Gasteiger partial charge in [0.25, 0.3) is 0 Å². The average molecular weight is 559 g/mol. The standard InChI is InChI=1S/C27H32F2N6O5/c1-16-6-7-18(11-31-16)33(3)27(39)35-14-20(15-35)40-26(38)32-17-12-34(13-17)19-9-22(28)24(23(29)10-19)21(5-4-8-36)25(37)30-2/h6-11,17,20-21H,4-5,12-15H2,1-3H3,(H,30,37)(H,32,38). The molecule has 1 aromatic heterocycles. The molecule has 0 radical (unpaired) electrons. The minimum absolute atomic E-state index is 0.00825. The van der Waals surface area contributed by atoms with Crippen LogP contribution in [0.5, 0.6) is 0 Å². The number of aryl methyl sites for hydroxylation is 1. The Labute approximate surface area is 230 Å². The van der Waals surface area contributed by atoms with E-state index in [1.807, 2.05) is 13.0 Å². The maximum absolute atomic E-state index is 14.9. The average Bonchev–Trinajstić information content (AvgIpc) is 2.88. The fourth-order valence-corrected chi connectivity index (χ4v) is 4.68. The Morgan fingerprint density at radius 3 is 2.42 bits per heavy atom. The summed E-state index contributed by atoms with van der Waals surface area (Å²) < 4.78 is 35.2. The maximum Gasteiger partial charge on any atom is 0.407 e. The lowest BCUT2D eigenvalue weighted by atomic mass is 9.92. The fraction of sp³-hybridized carbons (Fsp3) is 0.444. The smallest absolute Gasteiger partial charge is 0.407 e. The first kappa shape index (κ1) is 28.7. The third-order valence-corrected chi connectivity index (χ3v) is 7.08. The SMILES string of the molecule is CNC(=O)C(CCC=O)c1c(F)cc(N2CC(NC(=O)OC3CN(C(=O)N(C)c4ccc(C)nc4)C3)C2)cc1F. The van der Waals surface area contributed by atoms with Gasteiger partial charge in [-0.05, 0) is 37.6 Å². The van der Waals surface area contributed by atoms with Crippen LogP contribution < -0.4 is 20.4 Å². The molecule has 3 heterocycles. The number of anilines is 2. The molecule has 4 amide bonds. The van der Waals surface area contributed by atoms with E-state index in [0.717, 1.165) is 17.8 Å². The lowest BCUT2D eigenvalue weighted by Crippen LogP contribution is -2.62. The van der Waals surface area contributed by atoms with E-state index in [0.29, 0.717) is 25.1 Å². The maximum atomic E-state index is 14.9. The predicted octanol–water partition coefficient (Wildman–Crippen LogP) is 2.33. The van der Waals surface area contributed by atoms with Crippen LogP contribution in [0.2, 0.25) is 0 Å². The van der Waals surface area contributed by atoms with Gasteiger partial charge in [0, 0.05) is 50.6 Å². The van der Waals surface area contributed by atoms with Gasteiger partial charge < -0.3 is 30.0 Å². The summed E-state index contributed by atoms with van der Waals surface area (Å²) in [5.41, 5.74) is 1.40. The van der Waals surface area contributed by atoms with Gasteiger partial charge in [0.05, 0.1) is 36.9 Å². The third kappa shape index (κ3) is 6.29. The molecule has 0 spiro atoms. The molecule has 0 bridgehead atoms. The first-order chi connectivity index (χ1) is 19.1. The van der Waals surface area contributed by atoms with Crippen molar-refractivity contribution in [3.8, 4) is 0 Å². The second-order valence-corrected chi connectivity index (χ2v) is 9.91. The van der Waals surface area contributed by atoms with Crippen LogP contribution in [0.25, 0.3) is 0 Å². The molecule has 13 heteroatoms. The second kappa shape index (κ2) is 12.3. The molecule has 0 aliphatic carbocycles. The molecule has 2 N–H and O–H groups in total. The Bertz CT molecular complexity index is 1240. The molecule has 1 atom stereocenters. The summed E-state index contributed by atoms with van der Waals surface area (Å²) >= 11 is 0. The number of benzene rings is 1. The highest BCUT2D eigenvalue weighted by molar-refractivity contribution is 5.92. The first-order valence-electron chi connectivity index (χ1n) is 12.9. The van der Waals surface area contributed by atoms with Gasteiger partial charge in [0.2, 0.25) is 5.91 Å². The largest absolute Gasteiger partial charge is 0.442 e. The summed E-state index contributed by atoms with van der Waals surface area (Å²) in [5.74, 6) is -3.45. The second-order valence-electron chi connectivity index (χ2n) is 9.91. The van der Waals surface area contributed by atoms with Crippen LogP contribution in [0, 0.1) is 18.6 Å². The van der Waals surface area contributed by atoms with Crippen molar-refractivity contribution in [1.29, 1.82) is 0 Å². The van der Waals surface area contributed by atoms with E-state index >= 15 is 0 Å². The summed E-state index contributed by atoms with van der Waals surface area (Å²) in [6, 6.07) is 5.40. The van der Waals surface area contributed by atoms with Gasteiger partial charge in [-0.15, -0.1) is 0 Å². The van der Waals surface area contributed by atoms with Crippen molar-refractivity contribution in [3.05, 3.63) is 53.4 Å². The number of nitrogens with one attached hydrogen (secondary N) is 2. The van der Waals surface area contributed by atoms with Crippen LogP contribution in [0.4, 0.5) is 29.7 Å². The van der Waals surface area contributed by atoms with Gasteiger partial charge in [-0.2, -0.15) is 0 Å². The zero-order valence-electron chi connectivity index (χ0n) is 22.5. The van der Waals surface area contributed by atoms with E-state index in [-0.39, 0.29) is 49.3 Å². The number of likely N-dealkylation sites (tertiary alicyclic amines) is 1. The van der Waals surface area contributed by atoms with E-state index < -0.39 is 35.7 Å². The Morgan fingerprint density at radius 2 is 1.85 bits per heavy atom. The number of rotatable bonds is 9. The number of aldehydes is 1. The Morgan fingerprint density at radius 1 is 1.18 bits per heavy atom. The Hall–Kier alpha value is -4.29. The van der Waals surface area contributed by atoms with Crippen molar-refractivity contribution >= 4 is 35.7 Å². The number of pyridine rings is 1. The van der Waals surface area contributed by atoms with Crippen LogP contribution in [0.3, 0.4) is 0 Å². The molecule has 11 nitrogen and oxygen atoms in total. The molecule has 1 aromatic carbocycles. The van der Waals surface area contributed by atoms with Crippen molar-refractivity contribution < 1.29 is 32.7 Å². The highest BCUT2D eigenvalue weighted by Gasteiger charge is 2.37. The van der Waals surface area contributed by atoms with E-state index in [1.54, 1.807) is 29.1 Å². The van der Waals surface area contributed by atoms with Crippen molar-refractivity contribution in [2.75, 3.05) is 50.1 Å². The normalized spacial score (nSPS) is 15.9. The van der Waals surface area contributed by atoms with Crippen molar-refractivity contribution in [2.24, 2.45) is 0 Å². The Balaban J connectivity index is 1.23. The molecule has 4 rings (SSSR count). The molecule has 2 aliphatic rings. The Kier molecular flexibility index (Phi) is 8.80. The van der Waals surface area contributed by atoms with Gasteiger partial charge in [0.15, 0.2) is 0 Å². The quantitative estimate of drug-likeness (QED) is 0.453. The van der Waals surface area contributed by atoms with Gasteiger partial charge in [-0.3, -0.25) is 14.7 Å². The summed E-state index contributed by atoms with van der Waals surface area (Å²) in [6.07, 6.45) is 1.13. The molecule has 214 valence electrons. The molecule has 40 heavy (non-hydrogen) atoms. The van der Waals surface area contributed by atoms with Crippen molar-refractivity contribution in [1.82, 2.24) is 20.5 Å². The number of alkyl carbamates (subject to hydrolysis) is 1. The number of halogens is 2. The lowest BCUT2D eigenvalue weighted by molar-refractivity contribution is -0.122. The third-order valence-electron chi connectivity index (χ3n) is 7.08. The minimum atomic E-state index is -1.12. The summed E-state index contributed by atoms with van der Waals surface area (Å²) in [7, 11) is 3.01. The van der Waals surface area contributed by atoms with Gasteiger partial charge in [-0.25, -0.2) is 18.4 Å². The minimum Gasteiger partial charge on any atom is -0.442 e. The van der Waals surface area contributed by atoms with Crippen LogP contribution in [-0.4, -0.2) is 86.6 Å². The number of aromatic nitrogens is 1. The predicted molar refractivity (Wildman–Crippen MR) is 142 cm³/mol. The molecular formula is C27H32F2N6O5. The van der Waals surface area contributed by atoms with E-state index in [2.05, 4.69) is 15.6 Å². The van der Waals surface area contributed by atoms with Gasteiger partial charge in [0.1, 0.15) is 24.0 Å². The molecule has 0 saturated carbocycles. The number of hydrogen-bond donors (Lipinski definition) is 2. The van der Waals surface area contributed by atoms with Crippen LogP contribution in [0.15, 0.2) is 30.5 Å². The lowest BCUT2D eigenvalue weighted by Gasteiger charge is -2.43. The van der Waals surface area contributed by atoms with E-state index in [4.69, 9.17) is 4.74 Å². The zero-order valence-corrected chi connectivity index (χ0v) is 22.5. The number of amides is 4. The summed E-state index contributed by atoms with van der Waals surface area (Å²) in [5, 5.41) is 5.10. The molecule has 2 fully saturated rings. The van der Waals surface area contributed by atoms with Crippen molar-refractivity contribution in [3.63, 3.8) is 0 Å². The molecule has 2 aromatic rings. The fourth-order valence-electron chi connectivity index (χ4n) is 4.68. The van der Waals surface area contributed by atoms with Crippen LogP contribution in [0.1, 0.15) is 30.0 Å². The number of nitrogens with zero attached hydrogens (tertiary/aromatic N) is 4.